The van der Waals surface area contributed by atoms with E-state index in [2.05, 4.69) is 0 Å². The van der Waals surface area contributed by atoms with E-state index in [-0.39, 0.29) is 0 Å². The second-order valence-corrected chi connectivity index (χ2v) is 3.13. The van der Waals surface area contributed by atoms with E-state index in [4.69, 9.17) is 16.8 Å². The molecule has 0 radical (unpaired) electrons. The molecule has 1 aromatic carbocycles. The third-order valence-electron chi connectivity index (χ3n) is 1.91. The van der Waals surface area contributed by atoms with Crippen LogP contribution >= 0.6 is 11.6 Å². The summed E-state index contributed by atoms with van der Waals surface area (Å²) in [6.07, 6.45) is 0.567. The number of nitrogens with one attached hydrogen (secondary N) is 1. The number of benzene rings is 1. The maximum absolute atomic E-state index is 13.2. The Balaban J connectivity index is 3.10. The molecule has 0 saturated heterocycles. The summed E-state index contributed by atoms with van der Waals surface area (Å²) in [6.45, 7) is 1.83. The van der Waals surface area contributed by atoms with Gasteiger partial charge in [-0.05, 0) is 18.6 Å². The molecule has 72 valence electrons. The molecule has 0 bridgehead atoms. The van der Waals surface area contributed by atoms with Crippen molar-refractivity contribution in [2.75, 3.05) is 0 Å². The number of hydrogen-bond acceptors (Lipinski definition) is 2. The van der Waals surface area contributed by atoms with Crippen molar-refractivity contribution in [3.05, 3.63) is 34.6 Å². The smallest absolute Gasteiger partial charge is 0.129 e. The quantitative estimate of drug-likeness (QED) is 0.741. The number of hydroxylamine groups is 1. The fraction of sp³-hybridized carbons (Fsp3) is 0.333. The molecular weight excluding hydrogens is 193 g/mol. The highest BCUT2D eigenvalue weighted by molar-refractivity contribution is 6.31. The monoisotopic (exact) mass is 203 g/mol. The van der Waals surface area contributed by atoms with Gasteiger partial charge in [0.1, 0.15) is 5.82 Å². The normalized spacial score (nSPS) is 12.9. The van der Waals surface area contributed by atoms with Crippen molar-refractivity contribution in [3.8, 4) is 0 Å². The Kier molecular flexibility index (Phi) is 3.66. The van der Waals surface area contributed by atoms with Crippen molar-refractivity contribution in [1.29, 1.82) is 0 Å². The maximum atomic E-state index is 13.2. The Bertz CT molecular complexity index is 269. The predicted octanol–water partition coefficient (Wildman–Crippen LogP) is 2.91. The molecule has 13 heavy (non-hydrogen) atoms. The molecule has 0 fully saturated rings. The van der Waals surface area contributed by atoms with Crippen LogP contribution in [0.5, 0.6) is 0 Å². The summed E-state index contributed by atoms with van der Waals surface area (Å²) in [5.74, 6) is -0.402. The minimum atomic E-state index is -0.450. The highest BCUT2D eigenvalue weighted by atomic mass is 35.5. The highest BCUT2D eigenvalue weighted by Gasteiger charge is 2.15. The van der Waals surface area contributed by atoms with Crippen LogP contribution in [-0.4, -0.2) is 5.21 Å². The summed E-state index contributed by atoms with van der Waals surface area (Å²) in [5, 5.41) is 9.08. The van der Waals surface area contributed by atoms with E-state index in [1.54, 1.807) is 6.07 Å². The first-order chi connectivity index (χ1) is 6.20. The van der Waals surface area contributed by atoms with Gasteiger partial charge >= 0.3 is 0 Å². The molecule has 0 aliphatic heterocycles. The van der Waals surface area contributed by atoms with Gasteiger partial charge in [0, 0.05) is 10.6 Å². The third kappa shape index (κ3) is 2.18. The summed E-state index contributed by atoms with van der Waals surface area (Å²) in [5.41, 5.74) is 2.34. The van der Waals surface area contributed by atoms with Crippen LogP contribution in [0.15, 0.2) is 18.2 Å². The molecule has 2 N–H and O–H groups in total. The first-order valence-electron chi connectivity index (χ1n) is 4.04. The maximum Gasteiger partial charge on any atom is 0.129 e. The van der Waals surface area contributed by atoms with Crippen LogP contribution in [0.4, 0.5) is 4.39 Å². The Hall–Kier alpha value is -0.640. The van der Waals surface area contributed by atoms with Crippen LogP contribution in [0.1, 0.15) is 24.9 Å². The van der Waals surface area contributed by atoms with E-state index in [1.807, 2.05) is 12.4 Å². The van der Waals surface area contributed by atoms with Gasteiger partial charge in [0.05, 0.1) is 6.04 Å². The van der Waals surface area contributed by atoms with Gasteiger partial charge in [0.25, 0.3) is 0 Å². The SMILES string of the molecule is CCC(NO)c1c(F)cccc1Cl. The molecule has 0 spiro atoms. The fourth-order valence-electron chi connectivity index (χ4n) is 1.20. The van der Waals surface area contributed by atoms with Gasteiger partial charge in [-0.2, -0.15) is 5.48 Å². The molecule has 1 aromatic rings. The zero-order chi connectivity index (χ0) is 9.84. The molecule has 0 aromatic heterocycles. The lowest BCUT2D eigenvalue weighted by Gasteiger charge is -2.15. The van der Waals surface area contributed by atoms with Gasteiger partial charge < -0.3 is 5.21 Å². The molecule has 1 unspecified atom stereocenters. The Morgan fingerprint density at radius 2 is 2.31 bits per heavy atom. The number of rotatable bonds is 3. The van der Waals surface area contributed by atoms with E-state index < -0.39 is 11.9 Å². The molecule has 1 rings (SSSR count). The summed E-state index contributed by atoms with van der Waals surface area (Å²) < 4.78 is 13.2. The number of hydrogen-bond donors (Lipinski definition) is 2. The molecule has 0 aliphatic carbocycles. The van der Waals surface area contributed by atoms with E-state index >= 15 is 0 Å². The van der Waals surface area contributed by atoms with Crippen LogP contribution in [0.2, 0.25) is 5.02 Å². The molecule has 0 amide bonds. The second kappa shape index (κ2) is 4.56. The first kappa shape index (κ1) is 10.4. The Morgan fingerprint density at radius 3 is 2.77 bits per heavy atom. The summed E-state index contributed by atoms with van der Waals surface area (Å²) in [6, 6.07) is 4.00. The van der Waals surface area contributed by atoms with Crippen molar-refractivity contribution < 1.29 is 9.60 Å². The minimum Gasteiger partial charge on any atom is -0.316 e. The third-order valence-corrected chi connectivity index (χ3v) is 2.24. The summed E-state index contributed by atoms with van der Waals surface area (Å²) in [4.78, 5) is 0. The number of halogens is 2. The Morgan fingerprint density at radius 1 is 1.62 bits per heavy atom. The van der Waals surface area contributed by atoms with Gasteiger partial charge in [0.2, 0.25) is 0 Å². The lowest BCUT2D eigenvalue weighted by atomic mass is 10.0. The fourth-order valence-corrected chi connectivity index (χ4v) is 1.50. The van der Waals surface area contributed by atoms with Crippen molar-refractivity contribution in [3.63, 3.8) is 0 Å². The molecular formula is C9H11ClFNO. The average Bonchev–Trinajstić information content (AvgIpc) is 2.11. The van der Waals surface area contributed by atoms with Gasteiger partial charge in [-0.25, -0.2) is 4.39 Å². The average molecular weight is 204 g/mol. The van der Waals surface area contributed by atoms with Crippen molar-refractivity contribution >= 4 is 11.6 Å². The largest absolute Gasteiger partial charge is 0.316 e. The van der Waals surface area contributed by atoms with Crippen LogP contribution < -0.4 is 5.48 Å². The zero-order valence-corrected chi connectivity index (χ0v) is 7.98. The zero-order valence-electron chi connectivity index (χ0n) is 7.22. The topological polar surface area (TPSA) is 32.3 Å². The molecule has 0 saturated carbocycles. The van der Waals surface area contributed by atoms with Gasteiger partial charge in [0.15, 0.2) is 0 Å². The van der Waals surface area contributed by atoms with Crippen LogP contribution in [0.25, 0.3) is 0 Å². The lowest BCUT2D eigenvalue weighted by molar-refractivity contribution is 0.122. The predicted molar refractivity (Wildman–Crippen MR) is 49.4 cm³/mol. The highest BCUT2D eigenvalue weighted by Crippen LogP contribution is 2.27. The van der Waals surface area contributed by atoms with Crippen molar-refractivity contribution in [2.45, 2.75) is 19.4 Å². The molecule has 0 aliphatic rings. The van der Waals surface area contributed by atoms with Crippen molar-refractivity contribution in [2.24, 2.45) is 0 Å². The minimum absolute atomic E-state index is 0.314. The van der Waals surface area contributed by atoms with E-state index in [0.29, 0.717) is 17.0 Å². The molecule has 0 heterocycles. The van der Waals surface area contributed by atoms with Crippen molar-refractivity contribution in [1.82, 2.24) is 5.48 Å². The van der Waals surface area contributed by atoms with Crippen LogP contribution in [0.3, 0.4) is 0 Å². The van der Waals surface area contributed by atoms with Crippen LogP contribution in [-0.2, 0) is 0 Å². The standard InChI is InChI=1S/C9H11ClFNO/c1-2-8(12-13)9-6(10)4-3-5-7(9)11/h3-5,8,12-13H,2H2,1H3. The van der Waals surface area contributed by atoms with Gasteiger partial charge in [-0.3, -0.25) is 0 Å². The summed E-state index contributed by atoms with van der Waals surface area (Å²) in [7, 11) is 0. The second-order valence-electron chi connectivity index (χ2n) is 2.73. The summed E-state index contributed by atoms with van der Waals surface area (Å²) >= 11 is 5.79. The van der Waals surface area contributed by atoms with Gasteiger partial charge in [-0.15, -0.1) is 0 Å². The molecule has 1 atom stereocenters. The molecule has 2 nitrogen and oxygen atoms in total. The van der Waals surface area contributed by atoms with Crippen LogP contribution in [0, 0.1) is 5.82 Å². The van der Waals surface area contributed by atoms with Gasteiger partial charge in [-0.1, -0.05) is 24.6 Å². The first-order valence-corrected chi connectivity index (χ1v) is 4.42. The van der Waals surface area contributed by atoms with E-state index in [0.717, 1.165) is 0 Å². The molecule has 4 heteroatoms. The van der Waals surface area contributed by atoms with E-state index in [1.165, 1.54) is 12.1 Å². The van der Waals surface area contributed by atoms with E-state index in [9.17, 15) is 4.39 Å². The Labute approximate surface area is 81.3 Å². The lowest BCUT2D eigenvalue weighted by Crippen LogP contribution is -2.17.